The van der Waals surface area contributed by atoms with Gasteiger partial charge in [0.15, 0.2) is 0 Å². The van der Waals surface area contributed by atoms with Crippen molar-refractivity contribution in [3.05, 3.63) is 87.3 Å². The molecule has 10 heteroatoms. The van der Waals surface area contributed by atoms with Gasteiger partial charge in [0, 0.05) is 48.9 Å². The van der Waals surface area contributed by atoms with Crippen molar-refractivity contribution in [1.82, 2.24) is 20.7 Å². The van der Waals surface area contributed by atoms with Crippen molar-refractivity contribution in [1.29, 1.82) is 0 Å². The van der Waals surface area contributed by atoms with E-state index in [2.05, 4.69) is 15.8 Å². The van der Waals surface area contributed by atoms with Crippen molar-refractivity contribution >= 4 is 11.8 Å². The Hall–Kier alpha value is -3.63. The van der Waals surface area contributed by atoms with E-state index in [9.17, 15) is 23.5 Å². The number of nitrogens with zero attached hydrogens (tertiary/aromatic N) is 2. The third-order valence-electron chi connectivity index (χ3n) is 6.86. The van der Waals surface area contributed by atoms with E-state index in [1.807, 2.05) is 20.8 Å². The van der Waals surface area contributed by atoms with Crippen molar-refractivity contribution in [3.8, 4) is 0 Å². The van der Waals surface area contributed by atoms with Crippen molar-refractivity contribution in [2.24, 2.45) is 0 Å². The molecule has 0 aliphatic carbocycles. The lowest BCUT2D eigenvalue weighted by molar-refractivity contribution is 0.0755. The Bertz CT molecular complexity index is 1300. The van der Waals surface area contributed by atoms with E-state index >= 15 is 0 Å². The van der Waals surface area contributed by atoms with Crippen LogP contribution in [0.3, 0.4) is 0 Å². The lowest BCUT2D eigenvalue weighted by atomic mass is 9.99. The fourth-order valence-electron chi connectivity index (χ4n) is 4.83. The standard InChI is InChI=1S/C31H40F2N4O4/c1-6-8-37(9-7-2)31(40)24-11-19(3)10-23(15-24)30(39)35-28(14-22-12-25(32)16-26(33)13-22)29(38)18-34-17-27-20(4)36-41-21(27)5/h10-13,15-16,28-29,34,38H,6-9,14,17-18H2,1-5H3,(H,35,39)/t28-,29+/m0/s1. The SMILES string of the molecule is CCCN(CCC)C(=O)c1cc(C)cc(C(=O)N[C@@H](Cc2cc(F)cc(F)c2)[C@H](O)CNCc2c(C)noc2C)c1. The lowest BCUT2D eigenvalue weighted by Crippen LogP contribution is -2.48. The highest BCUT2D eigenvalue weighted by Crippen LogP contribution is 2.17. The molecule has 1 heterocycles. The van der Waals surface area contributed by atoms with E-state index in [4.69, 9.17) is 4.52 Å². The Morgan fingerprint density at radius 2 is 1.61 bits per heavy atom. The third-order valence-corrected chi connectivity index (χ3v) is 6.86. The zero-order chi connectivity index (χ0) is 30.1. The first kappa shape index (κ1) is 31.9. The Morgan fingerprint density at radius 3 is 2.20 bits per heavy atom. The number of aromatic nitrogens is 1. The van der Waals surface area contributed by atoms with Gasteiger partial charge in [-0.3, -0.25) is 9.59 Å². The van der Waals surface area contributed by atoms with Crippen LogP contribution < -0.4 is 10.6 Å². The third kappa shape index (κ3) is 8.93. The minimum absolute atomic E-state index is 0.0209. The van der Waals surface area contributed by atoms with Gasteiger partial charge in [0.25, 0.3) is 11.8 Å². The van der Waals surface area contributed by atoms with E-state index in [1.54, 1.807) is 36.9 Å². The largest absolute Gasteiger partial charge is 0.390 e. The summed E-state index contributed by atoms with van der Waals surface area (Å²) in [5.74, 6) is -1.50. The van der Waals surface area contributed by atoms with Gasteiger partial charge in [-0.1, -0.05) is 19.0 Å². The summed E-state index contributed by atoms with van der Waals surface area (Å²) in [6, 6.07) is 7.18. The van der Waals surface area contributed by atoms with E-state index in [1.165, 1.54) is 12.1 Å². The van der Waals surface area contributed by atoms with Gasteiger partial charge in [-0.25, -0.2) is 8.78 Å². The molecule has 8 nitrogen and oxygen atoms in total. The number of aliphatic hydroxyl groups excluding tert-OH is 1. The van der Waals surface area contributed by atoms with Crippen LogP contribution in [0.1, 0.15) is 75.5 Å². The Labute approximate surface area is 240 Å². The highest BCUT2D eigenvalue weighted by atomic mass is 19.1. The predicted molar refractivity (Wildman–Crippen MR) is 153 cm³/mol. The molecule has 1 aromatic heterocycles. The number of nitrogens with one attached hydrogen (secondary N) is 2. The van der Waals surface area contributed by atoms with Crippen LogP contribution >= 0.6 is 0 Å². The van der Waals surface area contributed by atoms with Crippen molar-refractivity contribution in [2.45, 2.75) is 72.6 Å². The summed E-state index contributed by atoms with van der Waals surface area (Å²) in [5, 5.41) is 21.0. The molecule has 3 rings (SSSR count). The molecule has 0 unspecified atom stereocenters. The maximum Gasteiger partial charge on any atom is 0.253 e. The first-order valence-electron chi connectivity index (χ1n) is 14.0. The molecule has 0 bridgehead atoms. The average molecular weight is 571 g/mol. The van der Waals surface area contributed by atoms with E-state index < -0.39 is 29.7 Å². The molecule has 0 spiro atoms. The molecule has 0 saturated carbocycles. The Kier molecular flexibility index (Phi) is 11.5. The quantitative estimate of drug-likeness (QED) is 0.261. The molecular formula is C31H40F2N4O4. The van der Waals surface area contributed by atoms with Crippen LogP contribution in [0.25, 0.3) is 0 Å². The maximum absolute atomic E-state index is 13.9. The van der Waals surface area contributed by atoms with E-state index in [0.29, 0.717) is 31.0 Å². The minimum atomic E-state index is -1.11. The number of carbonyl (C=O) groups excluding carboxylic acids is 2. The molecule has 3 N–H and O–H groups in total. The number of hydrogen-bond donors (Lipinski definition) is 3. The minimum Gasteiger partial charge on any atom is -0.390 e. The summed E-state index contributed by atoms with van der Waals surface area (Å²) in [6.07, 6.45) is 0.499. The number of hydrogen-bond acceptors (Lipinski definition) is 6. The van der Waals surface area contributed by atoms with Gasteiger partial charge >= 0.3 is 0 Å². The van der Waals surface area contributed by atoms with Gasteiger partial charge in [0.1, 0.15) is 17.4 Å². The molecule has 0 radical (unpaired) electrons. The summed E-state index contributed by atoms with van der Waals surface area (Å²) >= 11 is 0. The van der Waals surface area contributed by atoms with Crippen LogP contribution in [0, 0.1) is 32.4 Å². The van der Waals surface area contributed by atoms with Crippen LogP contribution in [0.2, 0.25) is 0 Å². The molecule has 3 aromatic rings. The van der Waals surface area contributed by atoms with Crippen LogP contribution in [0.4, 0.5) is 8.78 Å². The smallest absolute Gasteiger partial charge is 0.253 e. The summed E-state index contributed by atoms with van der Waals surface area (Å²) in [6.45, 7) is 11.1. The van der Waals surface area contributed by atoms with E-state index in [-0.39, 0.29) is 30.0 Å². The molecule has 41 heavy (non-hydrogen) atoms. The molecule has 2 amide bonds. The number of halogens is 2. The molecule has 0 aliphatic rings. The maximum atomic E-state index is 13.9. The molecule has 2 aromatic carbocycles. The highest BCUT2D eigenvalue weighted by Gasteiger charge is 2.25. The number of benzene rings is 2. The summed E-state index contributed by atoms with van der Waals surface area (Å²) in [5.41, 5.74) is 3.27. The van der Waals surface area contributed by atoms with Gasteiger partial charge in [-0.05, 0) is 81.5 Å². The van der Waals surface area contributed by atoms with Gasteiger partial charge in [0.05, 0.1) is 17.8 Å². The van der Waals surface area contributed by atoms with E-state index in [0.717, 1.165) is 35.7 Å². The summed E-state index contributed by atoms with van der Waals surface area (Å²) in [7, 11) is 0. The number of rotatable bonds is 14. The number of amides is 2. The van der Waals surface area contributed by atoms with Crippen molar-refractivity contribution in [3.63, 3.8) is 0 Å². The first-order valence-corrected chi connectivity index (χ1v) is 14.0. The van der Waals surface area contributed by atoms with Crippen molar-refractivity contribution < 1.29 is 28.0 Å². The number of carbonyl (C=O) groups is 2. The van der Waals surface area contributed by atoms with Crippen LogP contribution in [0.15, 0.2) is 40.9 Å². The average Bonchev–Trinajstić information content (AvgIpc) is 3.23. The fourth-order valence-corrected chi connectivity index (χ4v) is 4.83. The second-order valence-electron chi connectivity index (χ2n) is 10.4. The van der Waals surface area contributed by atoms with Gasteiger partial charge in [-0.2, -0.15) is 0 Å². The molecule has 222 valence electrons. The van der Waals surface area contributed by atoms with Crippen molar-refractivity contribution in [2.75, 3.05) is 19.6 Å². The Morgan fingerprint density at radius 1 is 0.976 bits per heavy atom. The second kappa shape index (κ2) is 14.8. The zero-order valence-electron chi connectivity index (χ0n) is 24.4. The van der Waals surface area contributed by atoms with Crippen LogP contribution in [-0.2, 0) is 13.0 Å². The second-order valence-corrected chi connectivity index (χ2v) is 10.4. The van der Waals surface area contributed by atoms with Gasteiger partial charge in [0.2, 0.25) is 0 Å². The number of aliphatic hydroxyl groups is 1. The molecule has 0 aliphatic heterocycles. The highest BCUT2D eigenvalue weighted by molar-refractivity contribution is 6.00. The Balaban J connectivity index is 1.82. The molecule has 0 saturated heterocycles. The first-order chi connectivity index (χ1) is 19.5. The summed E-state index contributed by atoms with van der Waals surface area (Å²) < 4.78 is 33.0. The topological polar surface area (TPSA) is 108 Å². The van der Waals surface area contributed by atoms with Crippen LogP contribution in [0.5, 0.6) is 0 Å². The normalized spacial score (nSPS) is 12.7. The van der Waals surface area contributed by atoms with Crippen LogP contribution in [-0.4, -0.2) is 58.8 Å². The fraction of sp³-hybridized carbons (Fsp3) is 0.452. The lowest BCUT2D eigenvalue weighted by Gasteiger charge is -2.25. The van der Waals surface area contributed by atoms with Gasteiger partial charge < -0.3 is 25.2 Å². The monoisotopic (exact) mass is 570 g/mol. The zero-order valence-corrected chi connectivity index (χ0v) is 24.4. The molecular weight excluding hydrogens is 530 g/mol. The predicted octanol–water partition coefficient (Wildman–Crippen LogP) is 4.63. The number of aryl methyl sites for hydroxylation is 3. The summed E-state index contributed by atoms with van der Waals surface area (Å²) in [4.78, 5) is 28.4. The van der Waals surface area contributed by atoms with Gasteiger partial charge in [-0.15, -0.1) is 0 Å². The molecule has 0 fully saturated rings. The molecule has 2 atom stereocenters.